The van der Waals surface area contributed by atoms with Gasteiger partial charge >= 0.3 is 5.97 Å². The summed E-state index contributed by atoms with van der Waals surface area (Å²) in [5.41, 5.74) is 0. The molecule has 0 aliphatic carbocycles. The van der Waals surface area contributed by atoms with Gasteiger partial charge in [-0.25, -0.2) is 8.42 Å². The number of sulfonamides is 1. The number of hydrogen-bond acceptors (Lipinski definition) is 6. The summed E-state index contributed by atoms with van der Waals surface area (Å²) in [5, 5.41) is -0.0104. The van der Waals surface area contributed by atoms with Gasteiger partial charge in [-0.2, -0.15) is 4.31 Å². The largest absolute Gasteiger partial charge is 0.469 e. The summed E-state index contributed by atoms with van der Waals surface area (Å²) in [4.78, 5) is 13.3. The number of ether oxygens (including phenoxy) is 1. The van der Waals surface area contributed by atoms with Crippen molar-refractivity contribution in [1.29, 1.82) is 0 Å². The Kier molecular flexibility index (Phi) is 5.83. The number of furan rings is 1. The Morgan fingerprint density at radius 1 is 1.39 bits per heavy atom. The molecule has 0 spiro atoms. The lowest BCUT2D eigenvalue weighted by Crippen LogP contribution is -2.29. The van der Waals surface area contributed by atoms with Crippen molar-refractivity contribution in [3.05, 3.63) is 17.9 Å². The molecule has 2 heterocycles. The van der Waals surface area contributed by atoms with E-state index in [2.05, 4.69) is 0 Å². The summed E-state index contributed by atoms with van der Waals surface area (Å²) in [6.07, 6.45) is 1.78. The topological polar surface area (TPSA) is 80.1 Å². The average molecular weight is 344 g/mol. The predicted octanol–water partition coefficient (Wildman–Crippen LogP) is 1.30. The first-order chi connectivity index (χ1) is 10.8. The van der Waals surface area contributed by atoms with Crippen molar-refractivity contribution in [1.82, 2.24) is 9.21 Å². The highest BCUT2D eigenvalue weighted by molar-refractivity contribution is 7.89. The quantitative estimate of drug-likeness (QED) is 0.694. The molecule has 1 aromatic rings. The SMILES string of the molecule is COC(=O)[C@H](C)CN(C)Cc1ccc(S(=O)(=O)N2CCCC2)o1. The number of rotatable bonds is 7. The van der Waals surface area contributed by atoms with Crippen molar-refractivity contribution in [3.8, 4) is 0 Å². The molecule has 7 nitrogen and oxygen atoms in total. The standard InChI is InChI=1S/C15H24N2O5S/c1-12(15(18)21-3)10-16(2)11-13-6-7-14(22-13)23(19,20)17-8-4-5-9-17/h6-7,12H,4-5,8-11H2,1-3H3/t12-/m1/s1. The number of methoxy groups -OCH3 is 1. The lowest BCUT2D eigenvalue weighted by molar-refractivity contribution is -0.145. The monoisotopic (exact) mass is 344 g/mol. The zero-order valence-electron chi connectivity index (χ0n) is 13.8. The second-order valence-electron chi connectivity index (χ2n) is 5.95. The Morgan fingerprint density at radius 2 is 2.04 bits per heavy atom. The van der Waals surface area contributed by atoms with Gasteiger partial charge in [0.05, 0.1) is 19.6 Å². The van der Waals surface area contributed by atoms with Gasteiger partial charge in [0.1, 0.15) is 5.76 Å². The fourth-order valence-corrected chi connectivity index (χ4v) is 4.16. The van der Waals surface area contributed by atoms with E-state index in [1.54, 1.807) is 13.0 Å². The number of carbonyl (C=O) groups excluding carboxylic acids is 1. The summed E-state index contributed by atoms with van der Waals surface area (Å²) in [7, 11) is -0.314. The summed E-state index contributed by atoms with van der Waals surface area (Å²) in [6.45, 7) is 3.82. The molecule has 1 fully saturated rings. The van der Waals surface area contributed by atoms with E-state index in [1.165, 1.54) is 17.5 Å². The van der Waals surface area contributed by atoms with Crippen LogP contribution in [-0.4, -0.2) is 57.4 Å². The molecular formula is C15H24N2O5S. The van der Waals surface area contributed by atoms with Crippen LogP contribution in [0.3, 0.4) is 0 Å². The van der Waals surface area contributed by atoms with Gasteiger partial charge < -0.3 is 9.15 Å². The summed E-state index contributed by atoms with van der Waals surface area (Å²) >= 11 is 0. The van der Waals surface area contributed by atoms with Crippen LogP contribution in [0.5, 0.6) is 0 Å². The van der Waals surface area contributed by atoms with Crippen molar-refractivity contribution in [3.63, 3.8) is 0 Å². The van der Waals surface area contributed by atoms with Crippen molar-refractivity contribution >= 4 is 16.0 Å². The maximum Gasteiger partial charge on any atom is 0.309 e. The van der Waals surface area contributed by atoms with Gasteiger partial charge in [0.2, 0.25) is 5.09 Å². The summed E-state index contributed by atoms with van der Waals surface area (Å²) < 4.78 is 36.5. The Balaban J connectivity index is 1.98. The molecule has 0 bridgehead atoms. The van der Waals surface area contributed by atoms with E-state index in [-0.39, 0.29) is 17.0 Å². The maximum absolute atomic E-state index is 12.4. The van der Waals surface area contributed by atoms with Crippen LogP contribution < -0.4 is 0 Å². The van der Waals surface area contributed by atoms with Gasteiger partial charge in [-0.3, -0.25) is 9.69 Å². The van der Waals surface area contributed by atoms with Crippen molar-refractivity contribution < 1.29 is 22.4 Å². The van der Waals surface area contributed by atoms with E-state index in [4.69, 9.17) is 9.15 Å². The van der Waals surface area contributed by atoms with Gasteiger partial charge in [-0.1, -0.05) is 6.92 Å². The van der Waals surface area contributed by atoms with E-state index in [9.17, 15) is 13.2 Å². The minimum atomic E-state index is -3.52. The molecule has 130 valence electrons. The first-order valence-corrected chi connectivity index (χ1v) is 9.14. The molecule has 2 rings (SSSR count). The molecule has 0 N–H and O–H groups in total. The minimum Gasteiger partial charge on any atom is -0.469 e. The van der Waals surface area contributed by atoms with Crippen molar-refractivity contribution in [2.24, 2.45) is 5.92 Å². The molecule has 0 unspecified atom stereocenters. The van der Waals surface area contributed by atoms with Gasteiger partial charge in [0, 0.05) is 19.6 Å². The first kappa shape index (κ1) is 18.0. The van der Waals surface area contributed by atoms with Crippen LogP contribution >= 0.6 is 0 Å². The highest BCUT2D eigenvalue weighted by Gasteiger charge is 2.30. The van der Waals surface area contributed by atoms with Gasteiger partial charge in [-0.05, 0) is 32.0 Å². The third-order valence-electron chi connectivity index (χ3n) is 3.91. The van der Waals surface area contributed by atoms with Gasteiger partial charge in [0.25, 0.3) is 10.0 Å². The molecule has 8 heteroatoms. The molecule has 0 radical (unpaired) electrons. The van der Waals surface area contributed by atoms with Crippen molar-refractivity contribution in [2.45, 2.75) is 31.4 Å². The molecule has 1 aromatic heterocycles. The number of carbonyl (C=O) groups is 1. The number of esters is 1. The number of hydrogen-bond donors (Lipinski definition) is 0. The number of nitrogens with zero attached hydrogens (tertiary/aromatic N) is 2. The van der Waals surface area contributed by atoms with E-state index in [0.29, 0.717) is 31.9 Å². The molecule has 0 aromatic carbocycles. The van der Waals surface area contributed by atoms with Crippen LogP contribution in [-0.2, 0) is 26.1 Å². The summed E-state index contributed by atoms with van der Waals surface area (Å²) in [6, 6.07) is 3.17. The fourth-order valence-electron chi connectivity index (χ4n) is 2.71. The zero-order valence-corrected chi connectivity index (χ0v) is 14.6. The normalized spacial score (nSPS) is 17.6. The lowest BCUT2D eigenvalue weighted by Gasteiger charge is -2.18. The lowest BCUT2D eigenvalue weighted by atomic mass is 10.2. The maximum atomic E-state index is 12.4. The Bertz CT molecular complexity index is 634. The predicted molar refractivity (Wildman–Crippen MR) is 84.2 cm³/mol. The highest BCUT2D eigenvalue weighted by atomic mass is 32.2. The zero-order chi connectivity index (χ0) is 17.0. The van der Waals surface area contributed by atoms with Crippen LogP contribution in [0.4, 0.5) is 0 Å². The Morgan fingerprint density at radius 3 is 2.65 bits per heavy atom. The van der Waals surface area contributed by atoms with E-state index in [1.807, 2.05) is 11.9 Å². The molecule has 23 heavy (non-hydrogen) atoms. The van der Waals surface area contributed by atoms with Gasteiger partial charge in [0.15, 0.2) is 0 Å². The van der Waals surface area contributed by atoms with Gasteiger partial charge in [-0.15, -0.1) is 0 Å². The van der Waals surface area contributed by atoms with E-state index in [0.717, 1.165) is 12.8 Å². The molecule has 1 saturated heterocycles. The average Bonchev–Trinajstić information content (AvgIpc) is 3.17. The third-order valence-corrected chi connectivity index (χ3v) is 5.68. The van der Waals surface area contributed by atoms with Crippen LogP contribution in [0.15, 0.2) is 21.6 Å². The van der Waals surface area contributed by atoms with Crippen molar-refractivity contribution in [2.75, 3.05) is 33.8 Å². The molecular weight excluding hydrogens is 320 g/mol. The minimum absolute atomic E-state index is 0.0104. The van der Waals surface area contributed by atoms with Crippen LogP contribution in [0, 0.1) is 5.92 Å². The Labute approximate surface area is 137 Å². The van der Waals surface area contributed by atoms with Crippen LogP contribution in [0.2, 0.25) is 0 Å². The second kappa shape index (κ2) is 7.46. The molecule has 1 atom stereocenters. The van der Waals surface area contributed by atoms with Crippen LogP contribution in [0.1, 0.15) is 25.5 Å². The molecule has 0 saturated carbocycles. The smallest absolute Gasteiger partial charge is 0.309 e. The molecule has 1 aliphatic rings. The molecule has 1 aliphatic heterocycles. The van der Waals surface area contributed by atoms with E-state index < -0.39 is 10.0 Å². The molecule has 0 amide bonds. The van der Waals surface area contributed by atoms with E-state index >= 15 is 0 Å². The van der Waals surface area contributed by atoms with Crippen LogP contribution in [0.25, 0.3) is 0 Å². The highest BCUT2D eigenvalue weighted by Crippen LogP contribution is 2.23. The fraction of sp³-hybridized carbons (Fsp3) is 0.667. The third kappa shape index (κ3) is 4.33. The first-order valence-electron chi connectivity index (χ1n) is 7.70. The summed E-state index contributed by atoms with van der Waals surface area (Å²) in [5.74, 6) is 0.0312. The second-order valence-corrected chi connectivity index (χ2v) is 7.82. The Hall–Kier alpha value is -1.38.